The number of carbonyl (C=O) groups is 1. The Morgan fingerprint density at radius 3 is 2.62 bits per heavy atom. The van der Waals surface area contributed by atoms with Gasteiger partial charge >= 0.3 is 0 Å². The van der Waals surface area contributed by atoms with Crippen molar-refractivity contribution >= 4 is 18.7 Å². The molecule has 1 aliphatic carbocycles. The minimum atomic E-state index is -0.680. The van der Waals surface area contributed by atoms with Crippen LogP contribution in [0, 0.1) is 11.8 Å². The van der Waals surface area contributed by atoms with Crippen LogP contribution < -0.4 is 14.9 Å². The van der Waals surface area contributed by atoms with Crippen molar-refractivity contribution in [3.8, 4) is 11.5 Å². The molecular weight excluding hydrogens is 396 g/mol. The maximum atomic E-state index is 11.1. The summed E-state index contributed by atoms with van der Waals surface area (Å²) in [6, 6.07) is 5.15. The Bertz CT molecular complexity index is 670. The minimum Gasteiger partial charge on any atom is -0.493 e. The van der Waals surface area contributed by atoms with Crippen LogP contribution in [0.3, 0.4) is 0 Å². The summed E-state index contributed by atoms with van der Waals surface area (Å²) < 4.78 is 11.5. The molecular formula is C21H33ClN2O5. The molecule has 1 heterocycles. The topological polar surface area (TPSA) is 91.3 Å². The molecule has 29 heavy (non-hydrogen) atoms. The number of rotatable bonds is 10. The second-order valence-electron chi connectivity index (χ2n) is 8.07. The van der Waals surface area contributed by atoms with Gasteiger partial charge in [0.2, 0.25) is 0 Å². The van der Waals surface area contributed by atoms with E-state index in [1.807, 2.05) is 23.2 Å². The average molecular weight is 429 g/mol. The van der Waals surface area contributed by atoms with Gasteiger partial charge in [-0.2, -0.15) is 0 Å². The third-order valence-electron chi connectivity index (χ3n) is 5.90. The highest BCUT2D eigenvalue weighted by molar-refractivity contribution is 5.85. The van der Waals surface area contributed by atoms with Crippen molar-refractivity contribution in [3.63, 3.8) is 0 Å². The Morgan fingerprint density at radius 1 is 1.34 bits per heavy atom. The van der Waals surface area contributed by atoms with Gasteiger partial charge in [-0.15, -0.1) is 12.4 Å². The Morgan fingerprint density at radius 2 is 2.07 bits per heavy atom. The number of aliphatic hydroxyl groups is 2. The number of methoxy groups -OCH3 is 1. The molecule has 1 aliphatic heterocycles. The highest BCUT2D eigenvalue weighted by Crippen LogP contribution is 2.41. The monoisotopic (exact) mass is 428 g/mol. The first kappa shape index (κ1) is 23.9. The highest BCUT2D eigenvalue weighted by Gasteiger charge is 2.43. The number of hydrogen-bond donors (Lipinski definition) is 3. The van der Waals surface area contributed by atoms with Gasteiger partial charge in [0.15, 0.2) is 11.5 Å². The third-order valence-corrected chi connectivity index (χ3v) is 5.90. The van der Waals surface area contributed by atoms with Crippen LogP contribution in [0.15, 0.2) is 18.2 Å². The number of benzene rings is 1. The van der Waals surface area contributed by atoms with E-state index in [1.165, 1.54) is 12.8 Å². The van der Waals surface area contributed by atoms with Crippen molar-refractivity contribution in [1.29, 1.82) is 0 Å². The minimum absolute atomic E-state index is 0. The first-order chi connectivity index (χ1) is 13.5. The van der Waals surface area contributed by atoms with E-state index in [0.717, 1.165) is 17.1 Å². The molecule has 0 amide bonds. The van der Waals surface area contributed by atoms with Crippen LogP contribution >= 0.6 is 12.4 Å². The van der Waals surface area contributed by atoms with E-state index >= 15 is 0 Å². The summed E-state index contributed by atoms with van der Waals surface area (Å²) in [6.45, 7) is 4.91. The lowest BCUT2D eigenvalue weighted by molar-refractivity contribution is -0.112. The fourth-order valence-electron chi connectivity index (χ4n) is 4.13. The molecule has 7 nitrogen and oxygen atoms in total. The standard InChI is InChI=1S/C21H32N2O5.ClH/c1-13-18(9-23(21(13)14(2)26)22-17(10-24)11-25)16-6-7-19(27-3)20(8-16)28-12-15-4-5-15;/h6-8,10,13-15,17-18,21-22,25-26H,4-5,9,11-12H2,1-3H3;1H/t13-,14+,17-,18-,21-;/m0./s1. The van der Waals surface area contributed by atoms with Crippen LogP contribution in [0.25, 0.3) is 0 Å². The number of hydrazine groups is 1. The van der Waals surface area contributed by atoms with E-state index in [-0.39, 0.29) is 36.9 Å². The molecule has 164 valence electrons. The molecule has 1 aromatic rings. The summed E-state index contributed by atoms with van der Waals surface area (Å²) >= 11 is 0. The molecule has 3 rings (SSSR count). The maximum absolute atomic E-state index is 11.1. The fraction of sp³-hybridized carbons (Fsp3) is 0.667. The molecule has 2 aliphatic rings. The Labute approximate surface area is 178 Å². The molecule has 1 saturated heterocycles. The lowest BCUT2D eigenvalue weighted by Gasteiger charge is -2.31. The number of aliphatic hydroxyl groups excluding tert-OH is 2. The van der Waals surface area contributed by atoms with Crippen LogP contribution in [-0.2, 0) is 4.79 Å². The summed E-state index contributed by atoms with van der Waals surface area (Å²) in [7, 11) is 1.64. The lowest BCUT2D eigenvalue weighted by Crippen LogP contribution is -2.53. The molecule has 0 unspecified atom stereocenters. The molecule has 0 radical (unpaired) electrons. The number of aldehydes is 1. The molecule has 0 bridgehead atoms. The Hall–Kier alpha value is -1.38. The first-order valence-electron chi connectivity index (χ1n) is 10.1. The van der Waals surface area contributed by atoms with Crippen molar-refractivity contribution in [2.45, 2.75) is 50.8 Å². The van der Waals surface area contributed by atoms with E-state index in [4.69, 9.17) is 9.47 Å². The van der Waals surface area contributed by atoms with Crippen LogP contribution in [0.1, 0.15) is 38.2 Å². The number of halogens is 1. The quantitative estimate of drug-likeness (QED) is 0.489. The molecule has 0 spiro atoms. The van der Waals surface area contributed by atoms with E-state index in [9.17, 15) is 15.0 Å². The molecule has 1 aromatic carbocycles. The number of nitrogens with zero attached hydrogens (tertiary/aromatic N) is 1. The molecule has 8 heteroatoms. The first-order valence-corrected chi connectivity index (χ1v) is 10.1. The van der Waals surface area contributed by atoms with E-state index in [2.05, 4.69) is 12.3 Å². The number of ether oxygens (including phenoxy) is 2. The zero-order valence-electron chi connectivity index (χ0n) is 17.3. The van der Waals surface area contributed by atoms with Gasteiger partial charge in [-0.05, 0) is 49.3 Å². The van der Waals surface area contributed by atoms with Crippen LogP contribution in [0.2, 0.25) is 0 Å². The molecule has 2 fully saturated rings. The molecule has 3 N–H and O–H groups in total. The van der Waals surface area contributed by atoms with E-state index in [0.29, 0.717) is 25.4 Å². The van der Waals surface area contributed by atoms with Gasteiger partial charge < -0.3 is 24.5 Å². The van der Waals surface area contributed by atoms with Gasteiger partial charge in [0.05, 0.1) is 38.5 Å². The Balaban J connectivity index is 0.00000300. The summed E-state index contributed by atoms with van der Waals surface area (Å²) in [5.41, 5.74) is 4.17. The summed E-state index contributed by atoms with van der Waals surface area (Å²) in [4.78, 5) is 11.1. The summed E-state index contributed by atoms with van der Waals surface area (Å²) in [6.07, 6.45) is 2.55. The molecule has 0 aromatic heterocycles. The largest absolute Gasteiger partial charge is 0.493 e. The van der Waals surface area contributed by atoms with Crippen molar-refractivity contribution in [1.82, 2.24) is 10.4 Å². The normalized spacial score (nSPS) is 26.4. The van der Waals surface area contributed by atoms with Gasteiger partial charge in [0.25, 0.3) is 0 Å². The van der Waals surface area contributed by atoms with Gasteiger partial charge in [0, 0.05) is 12.5 Å². The molecule has 1 saturated carbocycles. The maximum Gasteiger partial charge on any atom is 0.161 e. The fourth-order valence-corrected chi connectivity index (χ4v) is 4.13. The predicted octanol–water partition coefficient (Wildman–Crippen LogP) is 1.75. The van der Waals surface area contributed by atoms with Crippen molar-refractivity contribution < 1.29 is 24.5 Å². The van der Waals surface area contributed by atoms with Crippen LogP contribution in [-0.4, -0.2) is 66.6 Å². The van der Waals surface area contributed by atoms with Gasteiger partial charge in [-0.1, -0.05) is 13.0 Å². The lowest BCUT2D eigenvalue weighted by atomic mass is 9.85. The summed E-state index contributed by atoms with van der Waals surface area (Å²) in [5.74, 6) is 2.41. The smallest absolute Gasteiger partial charge is 0.161 e. The summed E-state index contributed by atoms with van der Waals surface area (Å²) in [5, 5.41) is 21.6. The third kappa shape index (κ3) is 5.61. The van der Waals surface area contributed by atoms with Gasteiger partial charge in [-0.25, -0.2) is 10.4 Å². The van der Waals surface area contributed by atoms with Crippen molar-refractivity contribution in [3.05, 3.63) is 23.8 Å². The zero-order chi connectivity index (χ0) is 20.3. The average Bonchev–Trinajstić information content (AvgIpc) is 3.46. The van der Waals surface area contributed by atoms with Crippen molar-refractivity contribution in [2.24, 2.45) is 11.8 Å². The van der Waals surface area contributed by atoms with Crippen LogP contribution in [0.5, 0.6) is 11.5 Å². The SMILES string of the molecule is COc1ccc([C@H]2CN(N[C@@H](C=O)CO)[C@H]([C@@H](C)O)[C@H]2C)cc1OCC1CC1.Cl. The highest BCUT2D eigenvalue weighted by atomic mass is 35.5. The van der Waals surface area contributed by atoms with E-state index < -0.39 is 12.1 Å². The van der Waals surface area contributed by atoms with E-state index in [1.54, 1.807) is 14.0 Å². The predicted molar refractivity (Wildman–Crippen MR) is 113 cm³/mol. The zero-order valence-corrected chi connectivity index (χ0v) is 18.1. The van der Waals surface area contributed by atoms with Crippen LogP contribution in [0.4, 0.5) is 0 Å². The number of carbonyl (C=O) groups excluding carboxylic acids is 1. The molecule has 5 atom stereocenters. The Kier molecular flexibility index (Phi) is 8.73. The van der Waals surface area contributed by atoms with Crippen molar-refractivity contribution in [2.75, 3.05) is 26.9 Å². The second-order valence-corrected chi connectivity index (χ2v) is 8.07. The second kappa shape index (κ2) is 10.6. The van der Waals surface area contributed by atoms with Gasteiger partial charge in [-0.3, -0.25) is 0 Å². The number of nitrogens with one attached hydrogen (secondary N) is 1. The number of hydrogen-bond acceptors (Lipinski definition) is 7. The van der Waals surface area contributed by atoms with Gasteiger partial charge in [0.1, 0.15) is 6.29 Å².